The molecule has 0 radical (unpaired) electrons. The first kappa shape index (κ1) is 9.55. The Balaban J connectivity index is 2.46. The lowest BCUT2D eigenvalue weighted by Gasteiger charge is -2.06. The first-order valence-electron chi connectivity index (χ1n) is 3.74. The molecule has 0 aliphatic carbocycles. The van der Waals surface area contributed by atoms with Crippen molar-refractivity contribution in [2.24, 2.45) is 0 Å². The highest BCUT2D eigenvalue weighted by atomic mass is 79.9. The average Bonchev–Trinajstić information content (AvgIpc) is 2.92. The van der Waals surface area contributed by atoms with Crippen molar-refractivity contribution in [1.82, 2.24) is 9.97 Å². The van der Waals surface area contributed by atoms with Crippen molar-refractivity contribution in [3.63, 3.8) is 0 Å². The van der Waals surface area contributed by atoms with Gasteiger partial charge < -0.3 is 4.90 Å². The van der Waals surface area contributed by atoms with Crippen molar-refractivity contribution in [2.75, 3.05) is 24.2 Å². The van der Waals surface area contributed by atoms with Gasteiger partial charge in [-0.3, -0.25) is 0 Å². The van der Waals surface area contributed by atoms with Crippen molar-refractivity contribution >= 4 is 45.1 Å². The van der Waals surface area contributed by atoms with Gasteiger partial charge in [-0.2, -0.15) is 0 Å². The van der Waals surface area contributed by atoms with Crippen LogP contribution in [0.4, 0.5) is 5.82 Å². The van der Waals surface area contributed by atoms with Crippen LogP contribution in [0.25, 0.3) is 0 Å². The van der Waals surface area contributed by atoms with Gasteiger partial charge in [0.2, 0.25) is 0 Å². The molecule has 0 aromatic carbocycles. The fourth-order valence-electron chi connectivity index (χ4n) is 0.953. The lowest BCUT2D eigenvalue weighted by Crippen LogP contribution is -1.99. The maximum Gasteiger partial charge on any atom is 0.190 e. The van der Waals surface area contributed by atoms with E-state index in [1.807, 2.05) is 6.26 Å². The first-order chi connectivity index (χ1) is 6.22. The Hall–Kier alpha value is -0.000000000000000111. The van der Waals surface area contributed by atoms with Crippen LogP contribution in [-0.4, -0.2) is 29.3 Å². The number of hydrogen-bond donors (Lipinski definition) is 0. The van der Waals surface area contributed by atoms with E-state index in [2.05, 4.69) is 30.8 Å². The van der Waals surface area contributed by atoms with E-state index >= 15 is 0 Å². The Morgan fingerprint density at radius 3 is 2.69 bits per heavy atom. The van der Waals surface area contributed by atoms with Crippen molar-refractivity contribution < 1.29 is 0 Å². The zero-order valence-electron chi connectivity index (χ0n) is 6.92. The van der Waals surface area contributed by atoms with Crippen LogP contribution in [0.3, 0.4) is 0 Å². The van der Waals surface area contributed by atoms with Crippen LogP contribution in [0.5, 0.6) is 0 Å². The molecule has 1 saturated heterocycles. The Kier molecular flexibility index (Phi) is 2.67. The topological polar surface area (TPSA) is 28.8 Å². The van der Waals surface area contributed by atoms with Gasteiger partial charge >= 0.3 is 0 Å². The van der Waals surface area contributed by atoms with Crippen molar-refractivity contribution in [1.29, 1.82) is 0 Å². The quantitative estimate of drug-likeness (QED) is 0.360. The maximum atomic E-state index is 5.93. The van der Waals surface area contributed by atoms with Crippen LogP contribution in [-0.2, 0) is 0 Å². The minimum atomic E-state index is 0.487. The van der Waals surface area contributed by atoms with Crippen LogP contribution in [0.2, 0.25) is 5.15 Å². The van der Waals surface area contributed by atoms with Crippen LogP contribution in [0.1, 0.15) is 0 Å². The molecule has 0 unspecified atom stereocenters. The molecule has 2 heterocycles. The highest BCUT2D eigenvalue weighted by molar-refractivity contribution is 9.10. The summed E-state index contributed by atoms with van der Waals surface area (Å²) in [7, 11) is 0. The Labute approximate surface area is 94.0 Å². The zero-order chi connectivity index (χ0) is 9.42. The number of anilines is 1. The SMILES string of the molecule is CSc1nc(Cl)c(Br)c(N2CC2)n1. The third-order valence-electron chi connectivity index (χ3n) is 1.70. The van der Waals surface area contributed by atoms with E-state index in [1.165, 1.54) is 11.8 Å². The number of rotatable bonds is 2. The molecule has 0 amide bonds. The molecule has 1 aromatic rings. The monoisotopic (exact) mass is 279 g/mol. The van der Waals surface area contributed by atoms with Crippen LogP contribution >= 0.6 is 39.3 Å². The average molecular weight is 281 g/mol. The third kappa shape index (κ3) is 1.92. The lowest BCUT2D eigenvalue weighted by atomic mass is 10.6. The molecule has 3 nitrogen and oxygen atoms in total. The van der Waals surface area contributed by atoms with Gasteiger partial charge in [-0.1, -0.05) is 23.4 Å². The molecule has 0 spiro atoms. The Bertz CT molecular complexity index is 343. The van der Waals surface area contributed by atoms with E-state index in [0.29, 0.717) is 5.15 Å². The number of nitrogens with zero attached hydrogens (tertiary/aromatic N) is 3. The van der Waals surface area contributed by atoms with Gasteiger partial charge in [-0.15, -0.1) is 0 Å². The summed E-state index contributed by atoms with van der Waals surface area (Å²) < 4.78 is 0.796. The molecule has 70 valence electrons. The highest BCUT2D eigenvalue weighted by Crippen LogP contribution is 2.34. The van der Waals surface area contributed by atoms with Crippen LogP contribution in [0.15, 0.2) is 9.63 Å². The van der Waals surface area contributed by atoms with Gasteiger partial charge in [0.05, 0.1) is 4.47 Å². The molecule has 1 aliphatic heterocycles. The molecule has 13 heavy (non-hydrogen) atoms. The standard InChI is InChI=1S/C7H7BrClN3S/c1-13-7-10-5(9)4(8)6(11-7)12-2-3-12/h2-3H2,1H3. The lowest BCUT2D eigenvalue weighted by molar-refractivity contribution is 0.953. The van der Waals surface area contributed by atoms with Crippen molar-refractivity contribution in [3.05, 3.63) is 9.63 Å². The minimum Gasteiger partial charge on any atom is -0.352 e. The summed E-state index contributed by atoms with van der Waals surface area (Å²) in [5.74, 6) is 0.907. The summed E-state index contributed by atoms with van der Waals surface area (Å²) in [6.45, 7) is 2.11. The normalized spacial score (nSPS) is 14.8. The van der Waals surface area contributed by atoms with Crippen molar-refractivity contribution in [3.8, 4) is 0 Å². The molecule has 0 saturated carbocycles. The summed E-state index contributed by atoms with van der Waals surface area (Å²) >= 11 is 10.8. The van der Waals surface area contributed by atoms with Crippen molar-refractivity contribution in [2.45, 2.75) is 5.16 Å². The molecule has 0 bridgehead atoms. The number of thioether (sulfide) groups is 1. The van der Waals surface area contributed by atoms with Gasteiger partial charge in [-0.25, -0.2) is 9.97 Å². The van der Waals surface area contributed by atoms with Crippen LogP contribution < -0.4 is 4.90 Å². The molecule has 1 aliphatic rings. The molecule has 0 atom stereocenters. The fraction of sp³-hybridized carbons (Fsp3) is 0.429. The van der Waals surface area contributed by atoms with Gasteiger partial charge in [0.15, 0.2) is 5.16 Å². The van der Waals surface area contributed by atoms with Gasteiger partial charge in [0.25, 0.3) is 0 Å². The predicted molar refractivity (Wildman–Crippen MR) is 58.7 cm³/mol. The van der Waals surface area contributed by atoms with Gasteiger partial charge in [0, 0.05) is 13.1 Å². The van der Waals surface area contributed by atoms with E-state index in [4.69, 9.17) is 11.6 Å². The molecule has 1 aromatic heterocycles. The number of halogens is 2. The van der Waals surface area contributed by atoms with Gasteiger partial charge in [-0.05, 0) is 22.2 Å². The second kappa shape index (κ2) is 3.63. The van der Waals surface area contributed by atoms with Crippen LogP contribution in [0, 0.1) is 0 Å². The largest absolute Gasteiger partial charge is 0.352 e. The van der Waals surface area contributed by atoms with E-state index in [0.717, 1.165) is 28.5 Å². The van der Waals surface area contributed by atoms with E-state index in [1.54, 1.807) is 0 Å². The summed E-state index contributed by atoms with van der Waals surface area (Å²) in [5.41, 5.74) is 0. The Morgan fingerprint density at radius 1 is 1.46 bits per heavy atom. The molecule has 1 fully saturated rings. The van der Waals surface area contributed by atoms with E-state index in [9.17, 15) is 0 Å². The predicted octanol–water partition coefficient (Wildman–Crippen LogP) is 2.43. The fourth-order valence-corrected chi connectivity index (χ4v) is 1.96. The summed E-state index contributed by atoms with van der Waals surface area (Å²) in [6.07, 6.45) is 1.94. The number of aromatic nitrogens is 2. The Morgan fingerprint density at radius 2 is 2.15 bits per heavy atom. The summed E-state index contributed by atoms with van der Waals surface area (Å²) in [4.78, 5) is 10.6. The smallest absolute Gasteiger partial charge is 0.190 e. The summed E-state index contributed by atoms with van der Waals surface area (Å²) in [6, 6.07) is 0. The van der Waals surface area contributed by atoms with E-state index < -0.39 is 0 Å². The van der Waals surface area contributed by atoms with E-state index in [-0.39, 0.29) is 0 Å². The molecule has 6 heteroatoms. The minimum absolute atomic E-state index is 0.487. The molecular formula is C7H7BrClN3S. The highest BCUT2D eigenvalue weighted by Gasteiger charge is 2.24. The second-order valence-corrected chi connectivity index (χ2v) is 4.55. The van der Waals surface area contributed by atoms with Gasteiger partial charge in [0.1, 0.15) is 11.0 Å². The molecule has 2 rings (SSSR count). The number of hydrogen-bond acceptors (Lipinski definition) is 4. The second-order valence-electron chi connectivity index (χ2n) is 2.63. The molecular weight excluding hydrogens is 274 g/mol. The third-order valence-corrected chi connectivity index (χ3v) is 3.48. The first-order valence-corrected chi connectivity index (χ1v) is 6.14. The maximum absolute atomic E-state index is 5.93. The summed E-state index contributed by atoms with van der Waals surface area (Å²) in [5, 5.41) is 1.20. The molecule has 0 N–H and O–H groups in total. The zero-order valence-corrected chi connectivity index (χ0v) is 10.1.